The number of hydrogen-bond acceptors (Lipinski definition) is 2. The molecule has 0 atom stereocenters. The van der Waals surface area contributed by atoms with Crippen LogP contribution >= 0.6 is 15.9 Å². The zero-order chi connectivity index (χ0) is 14.0. The number of benzene rings is 2. The van der Waals surface area contributed by atoms with Gasteiger partial charge in [-0.15, -0.1) is 0 Å². The number of anilines is 3. The van der Waals surface area contributed by atoms with Crippen LogP contribution < -0.4 is 11.1 Å². The molecular weight excluding hydrogens is 314 g/mol. The Morgan fingerprint density at radius 3 is 2.63 bits per heavy atom. The number of aryl methyl sites for hydroxylation is 1. The first-order chi connectivity index (χ1) is 9.02. The highest BCUT2D eigenvalue weighted by atomic mass is 79.9. The fourth-order valence-electron chi connectivity index (χ4n) is 1.80. The van der Waals surface area contributed by atoms with Crippen molar-refractivity contribution in [1.29, 1.82) is 0 Å². The van der Waals surface area contributed by atoms with Gasteiger partial charge in [0.1, 0.15) is 5.69 Å². The highest BCUT2D eigenvalue weighted by Gasteiger charge is 2.13. The van der Waals surface area contributed by atoms with Crippen LogP contribution in [-0.2, 0) is 6.42 Å². The maximum Gasteiger partial charge on any atom is 0.184 e. The Bertz CT molecular complexity index is 615. The lowest BCUT2D eigenvalue weighted by Crippen LogP contribution is -2.03. The average Bonchev–Trinajstić information content (AvgIpc) is 2.40. The van der Waals surface area contributed by atoms with Gasteiger partial charge in [0.25, 0.3) is 0 Å². The Balaban J connectivity index is 2.44. The number of hydrogen-bond donors (Lipinski definition) is 2. The molecule has 2 rings (SSSR count). The van der Waals surface area contributed by atoms with Crippen LogP contribution in [0.25, 0.3) is 0 Å². The second-order valence-electron chi connectivity index (χ2n) is 4.11. The van der Waals surface area contributed by atoms with Crippen molar-refractivity contribution in [1.82, 2.24) is 0 Å². The zero-order valence-corrected chi connectivity index (χ0v) is 11.9. The number of rotatable bonds is 3. The third kappa shape index (κ3) is 2.87. The van der Waals surface area contributed by atoms with Gasteiger partial charge < -0.3 is 11.1 Å². The van der Waals surface area contributed by atoms with Crippen LogP contribution in [0.4, 0.5) is 25.8 Å². The van der Waals surface area contributed by atoms with Crippen molar-refractivity contribution in [3.63, 3.8) is 0 Å². The molecule has 0 aliphatic rings. The molecule has 0 fully saturated rings. The smallest absolute Gasteiger partial charge is 0.184 e. The summed E-state index contributed by atoms with van der Waals surface area (Å²) in [6.07, 6.45) is 0.763. The first-order valence-corrected chi connectivity index (χ1v) is 6.61. The summed E-state index contributed by atoms with van der Waals surface area (Å²) in [6, 6.07) is 7.90. The summed E-state index contributed by atoms with van der Waals surface area (Å²) in [6.45, 7) is 1.98. The molecule has 0 amide bonds. The molecule has 2 aromatic rings. The first kappa shape index (κ1) is 13.8. The molecule has 2 aromatic carbocycles. The molecular formula is C14H13BrF2N2. The monoisotopic (exact) mass is 326 g/mol. The van der Waals surface area contributed by atoms with Crippen LogP contribution in [0.2, 0.25) is 0 Å². The van der Waals surface area contributed by atoms with Gasteiger partial charge >= 0.3 is 0 Å². The Kier molecular flexibility index (Phi) is 4.04. The van der Waals surface area contributed by atoms with Gasteiger partial charge in [-0.3, -0.25) is 0 Å². The topological polar surface area (TPSA) is 38.0 Å². The van der Waals surface area contributed by atoms with E-state index in [0.29, 0.717) is 5.69 Å². The van der Waals surface area contributed by atoms with Crippen LogP contribution in [0.1, 0.15) is 12.5 Å². The Labute approximate surface area is 118 Å². The molecule has 5 heteroatoms. The van der Waals surface area contributed by atoms with Crippen LogP contribution in [0, 0.1) is 11.6 Å². The van der Waals surface area contributed by atoms with Gasteiger partial charge in [-0.05, 0) is 42.3 Å². The minimum Gasteiger partial charge on any atom is -0.397 e. The Morgan fingerprint density at radius 2 is 1.95 bits per heavy atom. The van der Waals surface area contributed by atoms with Crippen molar-refractivity contribution in [2.45, 2.75) is 13.3 Å². The van der Waals surface area contributed by atoms with Crippen molar-refractivity contribution >= 4 is 33.0 Å². The van der Waals surface area contributed by atoms with E-state index < -0.39 is 11.6 Å². The fraction of sp³-hybridized carbons (Fsp3) is 0.143. The lowest BCUT2D eigenvalue weighted by atomic mass is 10.1. The third-order valence-corrected chi connectivity index (χ3v) is 3.33. The number of nitrogens with one attached hydrogen (secondary N) is 1. The maximum absolute atomic E-state index is 13.7. The van der Waals surface area contributed by atoms with Crippen LogP contribution in [0.15, 0.2) is 34.8 Å². The van der Waals surface area contributed by atoms with Gasteiger partial charge in [0.2, 0.25) is 0 Å². The highest BCUT2D eigenvalue weighted by Crippen LogP contribution is 2.31. The molecule has 0 aliphatic carbocycles. The van der Waals surface area contributed by atoms with Gasteiger partial charge in [-0.25, -0.2) is 8.78 Å². The molecule has 100 valence electrons. The summed E-state index contributed by atoms with van der Waals surface area (Å²) in [5, 5.41) is 2.87. The van der Waals surface area contributed by atoms with E-state index in [1.54, 1.807) is 6.07 Å². The van der Waals surface area contributed by atoms with Gasteiger partial charge in [-0.2, -0.15) is 0 Å². The third-order valence-electron chi connectivity index (χ3n) is 2.83. The van der Waals surface area contributed by atoms with Crippen LogP contribution in [0.3, 0.4) is 0 Å². The summed E-state index contributed by atoms with van der Waals surface area (Å²) < 4.78 is 27.9. The fourth-order valence-corrected chi connectivity index (χ4v) is 2.21. The minimum atomic E-state index is -0.968. The number of nitrogens with two attached hydrogens (primary N) is 1. The second-order valence-corrected chi connectivity index (χ2v) is 5.02. The maximum atomic E-state index is 13.7. The van der Waals surface area contributed by atoms with Crippen molar-refractivity contribution in [3.8, 4) is 0 Å². The van der Waals surface area contributed by atoms with Gasteiger partial charge in [-0.1, -0.05) is 22.9 Å². The van der Waals surface area contributed by atoms with E-state index >= 15 is 0 Å². The summed E-state index contributed by atoms with van der Waals surface area (Å²) in [7, 11) is 0. The van der Waals surface area contributed by atoms with Gasteiger partial charge in [0, 0.05) is 10.2 Å². The largest absolute Gasteiger partial charge is 0.397 e. The number of nitrogen functional groups attached to an aromatic ring is 1. The highest BCUT2D eigenvalue weighted by molar-refractivity contribution is 9.10. The van der Waals surface area contributed by atoms with Gasteiger partial charge in [0.15, 0.2) is 11.6 Å². The molecule has 0 unspecified atom stereocenters. The first-order valence-electron chi connectivity index (χ1n) is 5.81. The van der Waals surface area contributed by atoms with Crippen LogP contribution in [0.5, 0.6) is 0 Å². The average molecular weight is 327 g/mol. The minimum absolute atomic E-state index is 0.0305. The van der Waals surface area contributed by atoms with E-state index in [0.717, 1.165) is 22.5 Å². The molecule has 19 heavy (non-hydrogen) atoms. The molecule has 0 radical (unpaired) electrons. The molecule has 0 saturated carbocycles. The van der Waals surface area contributed by atoms with E-state index in [4.69, 9.17) is 5.73 Å². The van der Waals surface area contributed by atoms with E-state index in [1.165, 1.54) is 6.07 Å². The summed E-state index contributed by atoms with van der Waals surface area (Å²) in [5.41, 5.74) is 7.51. The van der Waals surface area contributed by atoms with E-state index in [-0.39, 0.29) is 11.4 Å². The molecule has 0 spiro atoms. The Morgan fingerprint density at radius 1 is 1.21 bits per heavy atom. The summed E-state index contributed by atoms with van der Waals surface area (Å²) >= 11 is 3.38. The standard InChI is InChI=1S/C14H13BrF2N2/c1-2-8-7-9(15)3-6-12(8)19-14-11(18)5-4-10(16)13(14)17/h3-7,19H,2,18H2,1H3. The summed E-state index contributed by atoms with van der Waals surface area (Å²) in [5.74, 6) is -1.89. The normalized spacial score (nSPS) is 10.5. The molecule has 0 heterocycles. The van der Waals surface area contributed by atoms with E-state index in [9.17, 15) is 8.78 Å². The SMILES string of the molecule is CCc1cc(Br)ccc1Nc1c(N)ccc(F)c1F. The lowest BCUT2D eigenvalue weighted by Gasteiger charge is -2.14. The Hall–Kier alpha value is -1.62. The van der Waals surface area contributed by atoms with Crippen molar-refractivity contribution in [2.24, 2.45) is 0 Å². The van der Waals surface area contributed by atoms with Crippen molar-refractivity contribution < 1.29 is 8.78 Å². The molecule has 0 aromatic heterocycles. The molecule has 0 aliphatic heterocycles. The lowest BCUT2D eigenvalue weighted by molar-refractivity contribution is 0.512. The quantitative estimate of drug-likeness (QED) is 0.808. The van der Waals surface area contributed by atoms with Crippen molar-refractivity contribution in [3.05, 3.63) is 52.0 Å². The molecule has 3 N–H and O–H groups in total. The zero-order valence-electron chi connectivity index (χ0n) is 10.3. The molecule has 0 bridgehead atoms. The number of halogens is 3. The predicted molar refractivity (Wildman–Crippen MR) is 77.6 cm³/mol. The van der Waals surface area contributed by atoms with Crippen LogP contribution in [-0.4, -0.2) is 0 Å². The second kappa shape index (κ2) is 5.57. The van der Waals surface area contributed by atoms with E-state index in [1.807, 2.05) is 19.1 Å². The summed E-state index contributed by atoms with van der Waals surface area (Å²) in [4.78, 5) is 0. The molecule has 2 nitrogen and oxygen atoms in total. The van der Waals surface area contributed by atoms with Gasteiger partial charge in [0.05, 0.1) is 5.69 Å². The predicted octanol–water partition coefficient (Wildman–Crippen LogP) is 4.62. The van der Waals surface area contributed by atoms with E-state index in [2.05, 4.69) is 21.2 Å². The van der Waals surface area contributed by atoms with Crippen molar-refractivity contribution in [2.75, 3.05) is 11.1 Å². The molecule has 0 saturated heterocycles.